The van der Waals surface area contributed by atoms with Crippen LogP contribution < -0.4 is 0 Å². The quantitative estimate of drug-likeness (QED) is 0.665. The van der Waals surface area contributed by atoms with Gasteiger partial charge in [-0.1, -0.05) is 35.5 Å². The number of carbonyl (C=O) groups is 1. The van der Waals surface area contributed by atoms with Gasteiger partial charge in [0, 0.05) is 38.5 Å². The Bertz CT molecular complexity index is 962. The fraction of sp³-hybridized carbons (Fsp3) is 0.571. The Balaban J connectivity index is 1.21. The number of nitrogens with zero attached hydrogens (tertiary/aromatic N) is 4. The summed E-state index contributed by atoms with van der Waals surface area (Å²) in [4.78, 5) is 18.8. The fourth-order valence-corrected chi connectivity index (χ4v) is 4.98. The maximum Gasteiger partial charge on any atom is 0.233 e. The number of carbonyl (C=O) groups excluding carboxylic acids is 1. The van der Waals surface area contributed by atoms with Crippen molar-refractivity contribution in [2.24, 2.45) is 0 Å². The minimum atomic E-state index is -3.14. The predicted molar refractivity (Wildman–Crippen MR) is 111 cm³/mol. The molecular weight excluding hydrogens is 404 g/mol. The third-order valence-electron chi connectivity index (χ3n) is 6.03. The van der Waals surface area contributed by atoms with Crippen LogP contribution in [0.4, 0.5) is 0 Å². The lowest BCUT2D eigenvalue weighted by Crippen LogP contribution is -2.48. The lowest BCUT2D eigenvalue weighted by Gasteiger charge is -2.37. The molecule has 1 aromatic heterocycles. The summed E-state index contributed by atoms with van der Waals surface area (Å²) in [6, 6.07) is 10.2. The number of hydrogen-bond donors (Lipinski definition) is 0. The summed E-state index contributed by atoms with van der Waals surface area (Å²) in [5.74, 6) is 1.64. The predicted octanol–water partition coefficient (Wildman–Crippen LogP) is 2.16. The van der Waals surface area contributed by atoms with Crippen LogP contribution in [0.2, 0.25) is 0 Å². The van der Waals surface area contributed by atoms with Crippen molar-refractivity contribution < 1.29 is 17.7 Å². The van der Waals surface area contributed by atoms with Crippen molar-refractivity contribution in [2.45, 2.75) is 43.9 Å². The van der Waals surface area contributed by atoms with Gasteiger partial charge in [0.05, 0.1) is 12.2 Å². The first-order valence-corrected chi connectivity index (χ1v) is 12.4. The van der Waals surface area contributed by atoms with Crippen LogP contribution in [0.15, 0.2) is 34.9 Å². The molecule has 8 nitrogen and oxygen atoms in total. The number of benzene rings is 1. The van der Waals surface area contributed by atoms with E-state index in [1.165, 1.54) is 16.1 Å². The molecule has 2 saturated heterocycles. The number of aromatic nitrogens is 2. The number of likely N-dealkylation sites (tertiary alicyclic amines) is 1. The number of piperidine rings is 1. The van der Waals surface area contributed by atoms with Gasteiger partial charge in [0.25, 0.3) is 0 Å². The van der Waals surface area contributed by atoms with Crippen LogP contribution in [0.1, 0.15) is 54.8 Å². The van der Waals surface area contributed by atoms with Gasteiger partial charge in [0.1, 0.15) is 0 Å². The number of sulfonamides is 1. The molecule has 2 fully saturated rings. The Kier molecular flexibility index (Phi) is 6.19. The molecule has 3 heterocycles. The zero-order valence-corrected chi connectivity index (χ0v) is 18.1. The molecule has 2 aliphatic heterocycles. The van der Waals surface area contributed by atoms with Crippen LogP contribution >= 0.6 is 0 Å². The molecule has 1 aromatic carbocycles. The third kappa shape index (κ3) is 4.89. The van der Waals surface area contributed by atoms with Gasteiger partial charge in [-0.2, -0.15) is 4.98 Å². The van der Waals surface area contributed by atoms with Crippen molar-refractivity contribution >= 4 is 15.9 Å². The van der Waals surface area contributed by atoms with Gasteiger partial charge >= 0.3 is 0 Å². The molecule has 0 spiro atoms. The first-order chi connectivity index (χ1) is 14.4. The summed E-state index contributed by atoms with van der Waals surface area (Å²) in [6.07, 6.45) is 4.95. The highest BCUT2D eigenvalue weighted by molar-refractivity contribution is 7.88. The molecule has 162 valence electrons. The van der Waals surface area contributed by atoms with E-state index < -0.39 is 10.0 Å². The van der Waals surface area contributed by atoms with Gasteiger partial charge in [-0.15, -0.1) is 0 Å². The number of hydrogen-bond acceptors (Lipinski definition) is 6. The van der Waals surface area contributed by atoms with Crippen molar-refractivity contribution in [1.82, 2.24) is 19.3 Å². The van der Waals surface area contributed by atoms with Crippen LogP contribution in [0.5, 0.6) is 0 Å². The van der Waals surface area contributed by atoms with Crippen molar-refractivity contribution in [2.75, 3.05) is 32.4 Å². The molecule has 4 rings (SSSR count). The molecule has 30 heavy (non-hydrogen) atoms. The molecule has 0 radical (unpaired) electrons. The highest BCUT2D eigenvalue weighted by Gasteiger charge is 2.36. The van der Waals surface area contributed by atoms with Gasteiger partial charge in [0.2, 0.25) is 21.8 Å². The Labute approximate surface area is 177 Å². The van der Waals surface area contributed by atoms with Crippen molar-refractivity contribution in [3.8, 4) is 0 Å². The van der Waals surface area contributed by atoms with Crippen LogP contribution in [0.3, 0.4) is 0 Å². The monoisotopic (exact) mass is 432 g/mol. The van der Waals surface area contributed by atoms with Gasteiger partial charge in [-0.25, -0.2) is 12.7 Å². The van der Waals surface area contributed by atoms with Crippen molar-refractivity contribution in [3.05, 3.63) is 47.6 Å². The molecule has 0 bridgehead atoms. The lowest BCUT2D eigenvalue weighted by atomic mass is 9.96. The van der Waals surface area contributed by atoms with Crippen molar-refractivity contribution in [1.29, 1.82) is 0 Å². The van der Waals surface area contributed by atoms with E-state index in [1.807, 2.05) is 23.1 Å². The zero-order chi connectivity index (χ0) is 21.1. The standard InChI is InChI=1S/C21H28N4O4S/c1-30(27,28)25-12-10-17(11-13-25)20-22-21(29-23-20)18-14-24(15-18)19(26)9-5-8-16-6-3-2-4-7-16/h2-4,6-7,17-18H,5,8-15H2,1H3. The average molecular weight is 433 g/mol. The summed E-state index contributed by atoms with van der Waals surface area (Å²) < 4.78 is 30.2. The highest BCUT2D eigenvalue weighted by atomic mass is 32.2. The minimum absolute atomic E-state index is 0.0976. The second kappa shape index (κ2) is 8.85. The molecule has 0 N–H and O–H groups in total. The van der Waals surface area contributed by atoms with Crippen LogP contribution in [-0.2, 0) is 21.2 Å². The molecule has 0 aliphatic carbocycles. The molecular formula is C21H28N4O4S. The third-order valence-corrected chi connectivity index (χ3v) is 7.33. The molecule has 1 amide bonds. The van der Waals surface area contributed by atoms with E-state index >= 15 is 0 Å². The van der Waals surface area contributed by atoms with Gasteiger partial charge in [-0.3, -0.25) is 4.79 Å². The van der Waals surface area contributed by atoms with E-state index in [2.05, 4.69) is 22.3 Å². The maximum absolute atomic E-state index is 12.4. The molecule has 2 aliphatic rings. The molecule has 9 heteroatoms. The van der Waals surface area contributed by atoms with Gasteiger partial charge in [0.15, 0.2) is 5.82 Å². The number of rotatable bonds is 7. The normalized spacial score (nSPS) is 19.0. The Morgan fingerprint density at radius 3 is 2.50 bits per heavy atom. The molecule has 0 unspecified atom stereocenters. The van der Waals surface area contributed by atoms with Gasteiger partial charge in [-0.05, 0) is 31.2 Å². The van der Waals surface area contributed by atoms with E-state index in [4.69, 9.17) is 4.52 Å². The highest BCUT2D eigenvalue weighted by Crippen LogP contribution is 2.31. The summed E-state index contributed by atoms with van der Waals surface area (Å²) in [6.45, 7) is 2.22. The first-order valence-electron chi connectivity index (χ1n) is 10.5. The second-order valence-corrected chi connectivity index (χ2v) is 10.2. The van der Waals surface area contributed by atoms with Crippen molar-refractivity contribution in [3.63, 3.8) is 0 Å². The summed E-state index contributed by atoms with van der Waals surface area (Å²) in [7, 11) is -3.14. The fourth-order valence-electron chi connectivity index (χ4n) is 4.11. The summed E-state index contributed by atoms with van der Waals surface area (Å²) >= 11 is 0. The van der Waals surface area contributed by atoms with E-state index in [0.29, 0.717) is 57.2 Å². The Morgan fingerprint density at radius 1 is 1.13 bits per heavy atom. The molecule has 0 saturated carbocycles. The smallest absolute Gasteiger partial charge is 0.233 e. The molecule has 0 atom stereocenters. The minimum Gasteiger partial charge on any atom is -0.341 e. The van der Waals surface area contributed by atoms with E-state index in [0.717, 1.165) is 12.8 Å². The average Bonchev–Trinajstić information content (AvgIpc) is 3.17. The van der Waals surface area contributed by atoms with Crippen LogP contribution in [0.25, 0.3) is 0 Å². The summed E-state index contributed by atoms with van der Waals surface area (Å²) in [5, 5.41) is 4.13. The van der Waals surface area contributed by atoms with E-state index in [1.54, 1.807) is 0 Å². The first kappa shape index (κ1) is 21.0. The Hall–Kier alpha value is -2.26. The van der Waals surface area contributed by atoms with E-state index in [9.17, 15) is 13.2 Å². The molecule has 2 aromatic rings. The Morgan fingerprint density at radius 2 is 1.83 bits per heavy atom. The van der Waals surface area contributed by atoms with Crippen LogP contribution in [-0.4, -0.2) is 66.1 Å². The van der Waals surface area contributed by atoms with Gasteiger partial charge < -0.3 is 9.42 Å². The largest absolute Gasteiger partial charge is 0.341 e. The summed E-state index contributed by atoms with van der Waals surface area (Å²) in [5.41, 5.74) is 1.26. The van der Waals surface area contributed by atoms with E-state index in [-0.39, 0.29) is 17.7 Å². The second-order valence-electron chi connectivity index (χ2n) is 8.26. The number of amides is 1. The SMILES string of the molecule is CS(=O)(=O)N1CCC(c2noc(C3CN(C(=O)CCCc4ccccc4)C3)n2)CC1. The van der Waals surface area contributed by atoms with Crippen LogP contribution in [0, 0.1) is 0 Å². The zero-order valence-electron chi connectivity index (χ0n) is 17.2. The maximum atomic E-state index is 12.4. The topological polar surface area (TPSA) is 96.6 Å². The number of aryl methyl sites for hydroxylation is 1. The lowest BCUT2D eigenvalue weighted by molar-refractivity contribution is -0.136.